The molecule has 1 N–H and O–H groups in total. The third-order valence-corrected chi connectivity index (χ3v) is 7.10. The van der Waals surface area contributed by atoms with E-state index in [1.165, 1.54) is 6.42 Å². The Hall–Kier alpha value is -3.55. The van der Waals surface area contributed by atoms with Crippen LogP contribution in [-0.2, 0) is 4.79 Å². The molecule has 5 rings (SSSR count). The van der Waals surface area contributed by atoms with Crippen LogP contribution >= 0.6 is 0 Å². The number of fused-ring (bicyclic) bond motifs is 1. The van der Waals surface area contributed by atoms with Crippen LogP contribution < -0.4 is 10.2 Å². The van der Waals surface area contributed by atoms with Gasteiger partial charge in [0.2, 0.25) is 5.91 Å². The van der Waals surface area contributed by atoms with Crippen molar-refractivity contribution >= 4 is 34.4 Å². The molecular formula is C27H32N6O2. The second kappa shape index (κ2) is 10.4. The van der Waals surface area contributed by atoms with Crippen molar-refractivity contribution in [2.24, 2.45) is 11.8 Å². The predicted octanol–water partition coefficient (Wildman–Crippen LogP) is 4.14. The van der Waals surface area contributed by atoms with Gasteiger partial charge in [-0.05, 0) is 67.9 Å². The molecule has 1 aromatic carbocycles. The van der Waals surface area contributed by atoms with Gasteiger partial charge < -0.3 is 15.1 Å². The average Bonchev–Trinajstić information content (AvgIpc) is 2.89. The van der Waals surface area contributed by atoms with Crippen LogP contribution in [0.1, 0.15) is 49.4 Å². The molecule has 2 aliphatic heterocycles. The lowest BCUT2D eigenvalue weighted by atomic mass is 9.93. The predicted molar refractivity (Wildman–Crippen MR) is 136 cm³/mol. The Morgan fingerprint density at radius 1 is 0.943 bits per heavy atom. The first-order chi connectivity index (χ1) is 17.0. The Morgan fingerprint density at radius 2 is 1.74 bits per heavy atom. The van der Waals surface area contributed by atoms with E-state index in [0.29, 0.717) is 31.0 Å². The number of hydrogen-bond acceptors (Lipinski definition) is 6. The maximum absolute atomic E-state index is 13.2. The minimum Gasteiger partial charge on any atom is -0.356 e. The van der Waals surface area contributed by atoms with Gasteiger partial charge in [-0.1, -0.05) is 6.92 Å². The minimum atomic E-state index is -0.00690. The van der Waals surface area contributed by atoms with Crippen molar-refractivity contribution in [1.29, 1.82) is 0 Å². The van der Waals surface area contributed by atoms with Crippen LogP contribution in [0.25, 0.3) is 11.0 Å². The molecule has 2 aromatic heterocycles. The van der Waals surface area contributed by atoms with Crippen molar-refractivity contribution in [3.63, 3.8) is 0 Å². The summed E-state index contributed by atoms with van der Waals surface area (Å²) in [6.45, 7) is 5.59. The summed E-state index contributed by atoms with van der Waals surface area (Å²) in [6.07, 6.45) is 9.55. The Bertz CT molecular complexity index is 1210. The van der Waals surface area contributed by atoms with Crippen LogP contribution in [-0.4, -0.2) is 57.8 Å². The highest BCUT2D eigenvalue weighted by Crippen LogP contribution is 2.25. The van der Waals surface area contributed by atoms with Crippen LogP contribution in [0.4, 0.5) is 11.5 Å². The number of aromatic nitrogens is 3. The molecule has 0 aliphatic carbocycles. The van der Waals surface area contributed by atoms with Gasteiger partial charge in [-0.25, -0.2) is 4.98 Å². The SMILES string of the molecule is C[C@H]1CCCN(c2cc(C(=O)N3CCC(CC(=O)Nc4ccc5nccnc5c4)CC3)ccn2)C1. The lowest BCUT2D eigenvalue weighted by Crippen LogP contribution is -2.39. The van der Waals surface area contributed by atoms with Gasteiger partial charge in [0.1, 0.15) is 5.82 Å². The Labute approximate surface area is 205 Å². The summed E-state index contributed by atoms with van der Waals surface area (Å²) in [5.41, 5.74) is 2.98. The number of carbonyl (C=O) groups excluding carboxylic acids is 2. The summed E-state index contributed by atoms with van der Waals surface area (Å²) >= 11 is 0. The van der Waals surface area contributed by atoms with Crippen molar-refractivity contribution < 1.29 is 9.59 Å². The normalized spacial score (nSPS) is 19.1. The van der Waals surface area contributed by atoms with Gasteiger partial charge in [0.15, 0.2) is 0 Å². The smallest absolute Gasteiger partial charge is 0.254 e. The van der Waals surface area contributed by atoms with Crippen LogP contribution in [0, 0.1) is 11.8 Å². The number of carbonyl (C=O) groups is 2. The van der Waals surface area contributed by atoms with E-state index in [2.05, 4.69) is 32.1 Å². The summed E-state index contributed by atoms with van der Waals surface area (Å²) in [7, 11) is 0. The third kappa shape index (κ3) is 5.58. The number of likely N-dealkylation sites (tertiary alicyclic amines) is 1. The zero-order valence-corrected chi connectivity index (χ0v) is 20.2. The molecule has 0 radical (unpaired) electrons. The molecule has 0 spiro atoms. The number of pyridine rings is 1. The Balaban J connectivity index is 1.13. The van der Waals surface area contributed by atoms with Gasteiger partial charge in [0.25, 0.3) is 5.91 Å². The van der Waals surface area contributed by atoms with E-state index in [9.17, 15) is 9.59 Å². The van der Waals surface area contributed by atoms with E-state index in [-0.39, 0.29) is 17.7 Å². The number of amides is 2. The zero-order chi connectivity index (χ0) is 24.2. The Kier molecular flexibility index (Phi) is 6.88. The van der Waals surface area contributed by atoms with Crippen LogP contribution in [0.5, 0.6) is 0 Å². The first-order valence-corrected chi connectivity index (χ1v) is 12.6. The molecule has 0 saturated carbocycles. The van der Waals surface area contributed by atoms with Crippen molar-refractivity contribution in [3.8, 4) is 0 Å². The zero-order valence-electron chi connectivity index (χ0n) is 20.2. The second-order valence-corrected chi connectivity index (χ2v) is 9.84. The van der Waals surface area contributed by atoms with E-state index in [0.717, 1.165) is 54.9 Å². The first kappa shape index (κ1) is 23.2. The molecule has 0 unspecified atom stereocenters. The summed E-state index contributed by atoms with van der Waals surface area (Å²) < 4.78 is 0. The van der Waals surface area contributed by atoms with Crippen molar-refractivity contribution in [2.45, 2.75) is 39.0 Å². The number of nitrogens with one attached hydrogen (secondary N) is 1. The molecule has 0 bridgehead atoms. The van der Waals surface area contributed by atoms with E-state index in [1.807, 2.05) is 35.2 Å². The van der Waals surface area contributed by atoms with Gasteiger partial charge in [0.05, 0.1) is 11.0 Å². The molecule has 182 valence electrons. The summed E-state index contributed by atoms with van der Waals surface area (Å²) in [5, 5.41) is 2.98. The highest BCUT2D eigenvalue weighted by atomic mass is 16.2. The van der Waals surface area contributed by atoms with Crippen molar-refractivity contribution in [2.75, 3.05) is 36.4 Å². The fourth-order valence-electron chi connectivity index (χ4n) is 5.16. The van der Waals surface area contributed by atoms with Crippen LogP contribution in [0.2, 0.25) is 0 Å². The summed E-state index contributed by atoms with van der Waals surface area (Å²) in [4.78, 5) is 43.1. The van der Waals surface area contributed by atoms with E-state index in [4.69, 9.17) is 0 Å². The third-order valence-electron chi connectivity index (χ3n) is 7.10. The molecule has 2 aliphatic rings. The number of rotatable bonds is 5. The highest BCUT2D eigenvalue weighted by molar-refractivity contribution is 5.95. The lowest BCUT2D eigenvalue weighted by molar-refractivity contribution is -0.117. The molecule has 2 fully saturated rings. The van der Waals surface area contributed by atoms with Crippen molar-refractivity contribution in [3.05, 3.63) is 54.5 Å². The minimum absolute atomic E-state index is 0.00690. The first-order valence-electron chi connectivity index (χ1n) is 12.6. The fraction of sp³-hybridized carbons (Fsp3) is 0.444. The molecule has 4 heterocycles. The average molecular weight is 473 g/mol. The molecule has 1 atom stereocenters. The Morgan fingerprint density at radius 3 is 2.54 bits per heavy atom. The van der Waals surface area contributed by atoms with Gasteiger partial charge in [-0.15, -0.1) is 0 Å². The topological polar surface area (TPSA) is 91.3 Å². The van der Waals surface area contributed by atoms with Gasteiger partial charge in [0, 0.05) is 62.4 Å². The maximum atomic E-state index is 13.2. The largest absolute Gasteiger partial charge is 0.356 e. The maximum Gasteiger partial charge on any atom is 0.254 e. The number of piperidine rings is 2. The van der Waals surface area contributed by atoms with Gasteiger partial charge >= 0.3 is 0 Å². The number of anilines is 2. The highest BCUT2D eigenvalue weighted by Gasteiger charge is 2.26. The summed E-state index contributed by atoms with van der Waals surface area (Å²) in [6, 6.07) is 9.30. The monoisotopic (exact) mass is 472 g/mol. The second-order valence-electron chi connectivity index (χ2n) is 9.84. The standard InChI is InChI=1S/C27H32N6O2/c1-19-3-2-12-33(18-19)25-16-21(6-9-30-25)27(35)32-13-7-20(8-14-32)15-26(34)31-22-4-5-23-24(17-22)29-11-10-28-23/h4-6,9-11,16-17,19-20H,2-3,7-8,12-15,18H2,1H3,(H,31,34)/t19-/m0/s1. The summed E-state index contributed by atoms with van der Waals surface area (Å²) in [5.74, 6) is 1.86. The number of nitrogens with zero attached hydrogens (tertiary/aromatic N) is 5. The van der Waals surface area contributed by atoms with Gasteiger partial charge in [-0.2, -0.15) is 0 Å². The molecule has 35 heavy (non-hydrogen) atoms. The number of hydrogen-bond donors (Lipinski definition) is 1. The molecule has 2 saturated heterocycles. The lowest BCUT2D eigenvalue weighted by Gasteiger charge is -2.33. The molecule has 2 amide bonds. The molecule has 8 heteroatoms. The quantitative estimate of drug-likeness (QED) is 0.600. The van der Waals surface area contributed by atoms with E-state index < -0.39 is 0 Å². The van der Waals surface area contributed by atoms with Crippen molar-refractivity contribution in [1.82, 2.24) is 19.9 Å². The molecule has 8 nitrogen and oxygen atoms in total. The molecule has 3 aromatic rings. The van der Waals surface area contributed by atoms with Crippen LogP contribution in [0.3, 0.4) is 0 Å². The van der Waals surface area contributed by atoms with Crippen LogP contribution in [0.15, 0.2) is 48.9 Å². The van der Waals surface area contributed by atoms with E-state index in [1.54, 1.807) is 18.6 Å². The molecular weight excluding hydrogens is 440 g/mol. The van der Waals surface area contributed by atoms with E-state index >= 15 is 0 Å². The fourth-order valence-corrected chi connectivity index (χ4v) is 5.16. The number of benzene rings is 1. The van der Waals surface area contributed by atoms with Gasteiger partial charge in [-0.3, -0.25) is 19.6 Å².